The number of nitrogens with zero attached hydrogens (tertiary/aromatic N) is 2. The maximum absolute atomic E-state index is 11.9. The molecule has 0 saturated heterocycles. The Kier molecular flexibility index (Phi) is 6.13. The van der Waals surface area contributed by atoms with Crippen LogP contribution in [0.3, 0.4) is 0 Å². The lowest BCUT2D eigenvalue weighted by molar-refractivity contribution is 0.0944. The summed E-state index contributed by atoms with van der Waals surface area (Å²) in [6, 6.07) is 6.52. The molecule has 0 aliphatic heterocycles. The number of aromatic nitrogens is 2. The monoisotopic (exact) mass is 388 g/mol. The first kappa shape index (κ1) is 17.1. The normalized spacial score (nSPS) is 11.7. The van der Waals surface area contributed by atoms with E-state index in [1.807, 2.05) is 13.1 Å². The third-order valence-corrected chi connectivity index (χ3v) is 4.58. The SMILES string of the molecule is Cc1ccc(S(=O)(=O)OCCOCCn2cc(Br)cn2)cc1. The topological polar surface area (TPSA) is 70.4 Å². The van der Waals surface area contributed by atoms with Gasteiger partial charge in [0.05, 0.1) is 41.9 Å². The van der Waals surface area contributed by atoms with E-state index < -0.39 is 10.1 Å². The van der Waals surface area contributed by atoms with Gasteiger partial charge < -0.3 is 4.74 Å². The van der Waals surface area contributed by atoms with Gasteiger partial charge in [-0.25, -0.2) is 0 Å². The van der Waals surface area contributed by atoms with Gasteiger partial charge in [0, 0.05) is 6.20 Å². The van der Waals surface area contributed by atoms with Gasteiger partial charge in [0.25, 0.3) is 10.1 Å². The number of hydrogen-bond acceptors (Lipinski definition) is 5. The summed E-state index contributed by atoms with van der Waals surface area (Å²) in [5.74, 6) is 0. The van der Waals surface area contributed by atoms with E-state index in [4.69, 9.17) is 8.92 Å². The molecule has 1 heterocycles. The van der Waals surface area contributed by atoms with Crippen LogP contribution in [0.4, 0.5) is 0 Å². The molecular formula is C14H17BrN2O4S. The Morgan fingerprint density at radius 2 is 1.91 bits per heavy atom. The van der Waals surface area contributed by atoms with E-state index >= 15 is 0 Å². The number of aryl methyl sites for hydroxylation is 1. The molecule has 6 nitrogen and oxygen atoms in total. The quantitative estimate of drug-likeness (QED) is 0.512. The van der Waals surface area contributed by atoms with E-state index in [2.05, 4.69) is 21.0 Å². The van der Waals surface area contributed by atoms with Crippen LogP contribution in [0.25, 0.3) is 0 Å². The molecular weight excluding hydrogens is 372 g/mol. The molecule has 2 aromatic rings. The zero-order valence-electron chi connectivity index (χ0n) is 12.1. The molecule has 0 amide bonds. The van der Waals surface area contributed by atoms with Crippen LogP contribution in [-0.4, -0.2) is 38.0 Å². The molecule has 0 N–H and O–H groups in total. The molecule has 0 fully saturated rings. The van der Waals surface area contributed by atoms with Crippen molar-refractivity contribution in [3.63, 3.8) is 0 Å². The molecule has 0 unspecified atom stereocenters. The van der Waals surface area contributed by atoms with Crippen molar-refractivity contribution in [2.75, 3.05) is 19.8 Å². The summed E-state index contributed by atoms with van der Waals surface area (Å²) in [5.41, 5.74) is 0.993. The summed E-state index contributed by atoms with van der Waals surface area (Å²) < 4.78 is 36.7. The lowest BCUT2D eigenvalue weighted by atomic mass is 10.2. The maximum Gasteiger partial charge on any atom is 0.297 e. The smallest absolute Gasteiger partial charge is 0.297 e. The predicted octanol–water partition coefficient (Wildman–Crippen LogP) is 2.38. The minimum Gasteiger partial charge on any atom is -0.377 e. The van der Waals surface area contributed by atoms with Crippen molar-refractivity contribution in [3.8, 4) is 0 Å². The van der Waals surface area contributed by atoms with Crippen LogP contribution in [0.1, 0.15) is 5.56 Å². The standard InChI is InChI=1S/C14H17BrN2O4S/c1-12-2-4-14(5-3-12)22(18,19)21-9-8-20-7-6-17-11-13(15)10-16-17/h2-5,10-11H,6-9H2,1H3. The molecule has 22 heavy (non-hydrogen) atoms. The molecule has 0 atom stereocenters. The molecule has 2 rings (SSSR count). The van der Waals surface area contributed by atoms with Crippen molar-refractivity contribution in [3.05, 3.63) is 46.7 Å². The Labute approximate surface area is 138 Å². The first-order chi connectivity index (χ1) is 10.5. The average Bonchev–Trinajstić information content (AvgIpc) is 2.89. The predicted molar refractivity (Wildman–Crippen MR) is 85.1 cm³/mol. The summed E-state index contributed by atoms with van der Waals surface area (Å²) in [4.78, 5) is 0.152. The highest BCUT2D eigenvalue weighted by Gasteiger charge is 2.14. The van der Waals surface area contributed by atoms with Gasteiger partial charge in [-0.3, -0.25) is 8.86 Å². The van der Waals surface area contributed by atoms with Gasteiger partial charge in [0.2, 0.25) is 0 Å². The largest absolute Gasteiger partial charge is 0.377 e. The fourth-order valence-corrected chi connectivity index (χ4v) is 2.92. The molecule has 0 bridgehead atoms. The first-order valence-corrected chi connectivity index (χ1v) is 8.89. The van der Waals surface area contributed by atoms with E-state index in [-0.39, 0.29) is 18.1 Å². The van der Waals surface area contributed by atoms with E-state index in [1.165, 1.54) is 12.1 Å². The second kappa shape index (κ2) is 7.87. The van der Waals surface area contributed by atoms with Crippen molar-refractivity contribution in [2.24, 2.45) is 0 Å². The van der Waals surface area contributed by atoms with Gasteiger partial charge in [-0.15, -0.1) is 0 Å². The van der Waals surface area contributed by atoms with Gasteiger partial charge in [-0.1, -0.05) is 17.7 Å². The maximum atomic E-state index is 11.9. The van der Waals surface area contributed by atoms with Crippen LogP contribution in [-0.2, 0) is 25.6 Å². The van der Waals surface area contributed by atoms with Crippen LogP contribution >= 0.6 is 15.9 Å². The van der Waals surface area contributed by atoms with Gasteiger partial charge in [-0.05, 0) is 35.0 Å². The zero-order chi connectivity index (χ0) is 16.0. The van der Waals surface area contributed by atoms with E-state index in [1.54, 1.807) is 23.0 Å². The van der Waals surface area contributed by atoms with Gasteiger partial charge >= 0.3 is 0 Å². The Balaban J connectivity index is 1.68. The second-order valence-corrected chi connectivity index (χ2v) is 7.15. The van der Waals surface area contributed by atoms with Crippen LogP contribution in [0.2, 0.25) is 0 Å². The summed E-state index contributed by atoms with van der Waals surface area (Å²) in [6.07, 6.45) is 3.53. The summed E-state index contributed by atoms with van der Waals surface area (Å²) in [7, 11) is -3.72. The Morgan fingerprint density at radius 1 is 1.18 bits per heavy atom. The number of hydrogen-bond donors (Lipinski definition) is 0. The van der Waals surface area contributed by atoms with Crippen molar-refractivity contribution >= 4 is 26.0 Å². The minimum absolute atomic E-state index is 0.0149. The second-order valence-electron chi connectivity index (χ2n) is 4.62. The lowest BCUT2D eigenvalue weighted by Crippen LogP contribution is -2.14. The highest BCUT2D eigenvalue weighted by molar-refractivity contribution is 9.10. The van der Waals surface area contributed by atoms with E-state index in [9.17, 15) is 8.42 Å². The summed E-state index contributed by atoms with van der Waals surface area (Å²) in [5, 5.41) is 4.08. The molecule has 120 valence electrons. The van der Waals surface area contributed by atoms with E-state index in [0.29, 0.717) is 13.2 Å². The van der Waals surface area contributed by atoms with E-state index in [0.717, 1.165) is 10.0 Å². The molecule has 0 aliphatic rings. The number of ether oxygens (including phenoxy) is 1. The Morgan fingerprint density at radius 3 is 2.55 bits per heavy atom. The number of rotatable bonds is 8. The van der Waals surface area contributed by atoms with Crippen molar-refractivity contribution in [1.82, 2.24) is 9.78 Å². The van der Waals surface area contributed by atoms with Gasteiger partial charge in [-0.2, -0.15) is 13.5 Å². The summed E-state index contributed by atoms with van der Waals surface area (Å²) >= 11 is 3.30. The number of benzene rings is 1. The van der Waals surface area contributed by atoms with Crippen LogP contribution < -0.4 is 0 Å². The Hall–Kier alpha value is -1.22. The lowest BCUT2D eigenvalue weighted by Gasteiger charge is -2.07. The first-order valence-electron chi connectivity index (χ1n) is 6.69. The highest BCUT2D eigenvalue weighted by atomic mass is 79.9. The van der Waals surface area contributed by atoms with Crippen molar-refractivity contribution in [2.45, 2.75) is 18.4 Å². The zero-order valence-corrected chi connectivity index (χ0v) is 14.5. The van der Waals surface area contributed by atoms with Crippen molar-refractivity contribution < 1.29 is 17.3 Å². The highest BCUT2D eigenvalue weighted by Crippen LogP contribution is 2.13. The fourth-order valence-electron chi connectivity index (χ4n) is 1.70. The molecule has 1 aromatic heterocycles. The van der Waals surface area contributed by atoms with Crippen molar-refractivity contribution in [1.29, 1.82) is 0 Å². The number of halogens is 1. The average molecular weight is 389 g/mol. The van der Waals surface area contributed by atoms with Crippen LogP contribution in [0.5, 0.6) is 0 Å². The van der Waals surface area contributed by atoms with Gasteiger partial charge in [0.15, 0.2) is 0 Å². The molecule has 0 saturated carbocycles. The molecule has 0 aliphatic carbocycles. The Bertz CT molecular complexity index is 698. The third kappa shape index (κ3) is 5.20. The summed E-state index contributed by atoms with van der Waals surface area (Å²) in [6.45, 7) is 3.11. The fraction of sp³-hybridized carbons (Fsp3) is 0.357. The van der Waals surface area contributed by atoms with Gasteiger partial charge in [0.1, 0.15) is 0 Å². The molecule has 0 radical (unpaired) electrons. The third-order valence-electron chi connectivity index (χ3n) is 2.84. The molecule has 8 heteroatoms. The molecule has 0 spiro atoms. The van der Waals surface area contributed by atoms with Crippen LogP contribution in [0.15, 0.2) is 46.0 Å². The van der Waals surface area contributed by atoms with Crippen LogP contribution in [0, 0.1) is 6.92 Å². The molecule has 1 aromatic carbocycles. The minimum atomic E-state index is -3.72.